The predicted octanol–water partition coefficient (Wildman–Crippen LogP) is 4.20. The largest absolute Gasteiger partial charge is 0.341 e. The fourth-order valence-electron chi connectivity index (χ4n) is 5.58. The van der Waals surface area contributed by atoms with Gasteiger partial charge in [0.05, 0.1) is 12.2 Å². The molecule has 4 heterocycles. The summed E-state index contributed by atoms with van der Waals surface area (Å²) in [6.07, 6.45) is 18.4. The molecule has 0 amide bonds. The van der Waals surface area contributed by atoms with Crippen LogP contribution in [-0.4, -0.2) is 40.3 Å². The van der Waals surface area contributed by atoms with Crippen molar-refractivity contribution in [3.05, 3.63) is 48.2 Å². The molecule has 1 unspecified atom stereocenters. The summed E-state index contributed by atoms with van der Waals surface area (Å²) >= 11 is 0. The first-order chi connectivity index (χ1) is 15.3. The van der Waals surface area contributed by atoms with Crippen molar-refractivity contribution in [3.8, 4) is 11.6 Å². The third-order valence-electron chi connectivity index (χ3n) is 7.04. The Morgan fingerprint density at radius 2 is 1.94 bits per heavy atom. The third kappa shape index (κ3) is 2.84. The number of aryl methyl sites for hydroxylation is 1. The molecule has 1 saturated carbocycles. The van der Waals surface area contributed by atoms with E-state index in [1.54, 1.807) is 0 Å². The maximum atomic E-state index is 5.17. The van der Waals surface area contributed by atoms with Crippen molar-refractivity contribution in [2.24, 2.45) is 0 Å². The second kappa shape index (κ2) is 7.28. The van der Waals surface area contributed by atoms with Crippen LogP contribution in [0.2, 0.25) is 0 Å². The van der Waals surface area contributed by atoms with E-state index in [9.17, 15) is 0 Å². The minimum Gasteiger partial charge on any atom is -0.341 e. The average molecular weight is 417 g/mol. The lowest BCUT2D eigenvalue weighted by Crippen LogP contribution is -2.42. The number of hydrogen-bond acceptors (Lipinski definition) is 6. The summed E-state index contributed by atoms with van der Waals surface area (Å²) in [6.45, 7) is 4.24. The van der Waals surface area contributed by atoms with Crippen molar-refractivity contribution in [1.29, 1.82) is 0 Å². The third-order valence-corrected chi connectivity index (χ3v) is 7.04. The Hall–Kier alpha value is -3.03. The highest BCUT2D eigenvalue weighted by Crippen LogP contribution is 2.43. The van der Waals surface area contributed by atoms with Gasteiger partial charge in [-0.1, -0.05) is 31.9 Å². The maximum Gasteiger partial charge on any atom is 0.237 e. The molecule has 160 valence electrons. The number of nitrogens with zero attached hydrogens (tertiary/aromatic N) is 8. The van der Waals surface area contributed by atoms with Gasteiger partial charge in [0.25, 0.3) is 0 Å². The summed E-state index contributed by atoms with van der Waals surface area (Å²) in [5.41, 5.74) is 0.986. The van der Waals surface area contributed by atoms with E-state index in [1.807, 2.05) is 25.5 Å². The van der Waals surface area contributed by atoms with E-state index in [0.717, 1.165) is 48.2 Å². The highest BCUT2D eigenvalue weighted by Gasteiger charge is 2.39. The molecule has 0 bridgehead atoms. The number of imidazole rings is 1. The Bertz CT molecular complexity index is 1140. The molecule has 8 heteroatoms. The summed E-state index contributed by atoms with van der Waals surface area (Å²) in [7, 11) is 0. The summed E-state index contributed by atoms with van der Waals surface area (Å²) in [4.78, 5) is 17.1. The van der Waals surface area contributed by atoms with Gasteiger partial charge in [-0.3, -0.25) is 9.13 Å². The molecule has 1 fully saturated rings. The molecule has 31 heavy (non-hydrogen) atoms. The van der Waals surface area contributed by atoms with E-state index in [4.69, 9.17) is 9.97 Å². The second-order valence-electron chi connectivity index (χ2n) is 8.86. The SMILES string of the molecule is CC[C@@H]1c2nnc(C)n2-c2cnc(-n3ccnc3C3C=CCC3)nc2N1C1CCCC1. The zero-order chi connectivity index (χ0) is 20.9. The normalized spacial score (nSPS) is 22.8. The fraction of sp³-hybridized carbons (Fsp3) is 0.522. The average Bonchev–Trinajstić information content (AvgIpc) is 3.59. The minimum absolute atomic E-state index is 0.180. The van der Waals surface area contributed by atoms with Crippen LogP contribution in [0.3, 0.4) is 0 Å². The number of allylic oxidation sites excluding steroid dienone is 2. The molecule has 0 radical (unpaired) electrons. The van der Waals surface area contributed by atoms with Crippen LogP contribution in [0.1, 0.15) is 81.3 Å². The molecule has 0 spiro atoms. The molecule has 0 N–H and O–H groups in total. The number of anilines is 1. The van der Waals surface area contributed by atoms with E-state index in [2.05, 4.69) is 48.3 Å². The molecule has 2 aliphatic carbocycles. The Labute approximate surface area is 182 Å². The Morgan fingerprint density at radius 3 is 2.71 bits per heavy atom. The zero-order valence-electron chi connectivity index (χ0n) is 18.1. The predicted molar refractivity (Wildman–Crippen MR) is 118 cm³/mol. The van der Waals surface area contributed by atoms with Gasteiger partial charge in [-0.2, -0.15) is 4.98 Å². The molecule has 8 nitrogen and oxygen atoms in total. The molecule has 0 aromatic carbocycles. The van der Waals surface area contributed by atoms with Crippen LogP contribution in [0.25, 0.3) is 11.6 Å². The maximum absolute atomic E-state index is 5.17. The van der Waals surface area contributed by atoms with Crippen LogP contribution < -0.4 is 4.90 Å². The molecular weight excluding hydrogens is 388 g/mol. The summed E-state index contributed by atoms with van der Waals surface area (Å²) in [5, 5.41) is 8.96. The Morgan fingerprint density at radius 1 is 1.06 bits per heavy atom. The number of aromatic nitrogens is 7. The first kappa shape index (κ1) is 18.7. The van der Waals surface area contributed by atoms with Gasteiger partial charge >= 0.3 is 0 Å². The summed E-state index contributed by atoms with van der Waals surface area (Å²) in [5.74, 6) is 4.94. The van der Waals surface area contributed by atoms with Gasteiger partial charge in [-0.15, -0.1) is 10.2 Å². The van der Waals surface area contributed by atoms with Crippen LogP contribution >= 0.6 is 0 Å². The van der Waals surface area contributed by atoms with Gasteiger partial charge in [0.1, 0.15) is 17.3 Å². The fourth-order valence-corrected chi connectivity index (χ4v) is 5.58. The minimum atomic E-state index is 0.180. The van der Waals surface area contributed by atoms with Crippen molar-refractivity contribution < 1.29 is 0 Å². The summed E-state index contributed by atoms with van der Waals surface area (Å²) in [6, 6.07) is 0.664. The topological polar surface area (TPSA) is 77.5 Å². The van der Waals surface area contributed by atoms with Crippen molar-refractivity contribution in [1.82, 2.24) is 34.3 Å². The van der Waals surface area contributed by atoms with E-state index in [-0.39, 0.29) is 6.04 Å². The first-order valence-corrected chi connectivity index (χ1v) is 11.5. The van der Waals surface area contributed by atoms with Crippen LogP contribution in [-0.2, 0) is 0 Å². The van der Waals surface area contributed by atoms with Gasteiger partial charge in [-0.25, -0.2) is 9.97 Å². The van der Waals surface area contributed by atoms with Crippen molar-refractivity contribution in [3.63, 3.8) is 0 Å². The van der Waals surface area contributed by atoms with Crippen LogP contribution in [0, 0.1) is 6.92 Å². The van der Waals surface area contributed by atoms with E-state index in [1.165, 1.54) is 25.7 Å². The lowest BCUT2D eigenvalue weighted by molar-refractivity contribution is 0.467. The standard InChI is InChI=1S/C23H28N8/c1-3-18-22-28-27-15(2)30(22)19-14-25-23(26-21(19)31(18)17-10-6-7-11-17)29-13-12-24-20(29)16-8-4-5-9-16/h4,8,12-14,16-18H,3,5-7,9-11H2,1-2H3/t16?,18-/m1/s1. The molecular formula is C23H28N8. The van der Waals surface area contributed by atoms with Crippen LogP contribution in [0.15, 0.2) is 30.7 Å². The van der Waals surface area contributed by atoms with Crippen LogP contribution in [0.4, 0.5) is 5.82 Å². The number of hydrogen-bond donors (Lipinski definition) is 0. The van der Waals surface area contributed by atoms with E-state index >= 15 is 0 Å². The van der Waals surface area contributed by atoms with Gasteiger partial charge in [0.15, 0.2) is 11.6 Å². The zero-order valence-corrected chi connectivity index (χ0v) is 18.1. The molecule has 3 aliphatic rings. The molecule has 1 aliphatic heterocycles. The number of fused-ring (bicyclic) bond motifs is 3. The first-order valence-electron chi connectivity index (χ1n) is 11.5. The molecule has 6 rings (SSSR count). The molecule has 3 aromatic rings. The van der Waals surface area contributed by atoms with E-state index < -0.39 is 0 Å². The Balaban J connectivity index is 1.52. The number of rotatable bonds is 4. The van der Waals surface area contributed by atoms with Gasteiger partial charge < -0.3 is 4.90 Å². The smallest absolute Gasteiger partial charge is 0.237 e. The van der Waals surface area contributed by atoms with Crippen molar-refractivity contribution >= 4 is 5.82 Å². The molecule has 0 saturated heterocycles. The summed E-state index contributed by atoms with van der Waals surface area (Å²) < 4.78 is 4.20. The van der Waals surface area contributed by atoms with E-state index in [0.29, 0.717) is 17.9 Å². The quantitative estimate of drug-likeness (QED) is 0.593. The second-order valence-corrected chi connectivity index (χ2v) is 8.86. The van der Waals surface area contributed by atoms with Crippen LogP contribution in [0.5, 0.6) is 0 Å². The van der Waals surface area contributed by atoms with Crippen molar-refractivity contribution in [2.75, 3.05) is 4.90 Å². The molecule has 2 atom stereocenters. The Kier molecular flexibility index (Phi) is 4.40. The van der Waals surface area contributed by atoms with Gasteiger partial charge in [0, 0.05) is 24.4 Å². The highest BCUT2D eigenvalue weighted by molar-refractivity contribution is 5.63. The lowest BCUT2D eigenvalue weighted by Gasteiger charge is -2.41. The molecule has 3 aromatic heterocycles. The monoisotopic (exact) mass is 416 g/mol. The highest BCUT2D eigenvalue weighted by atomic mass is 15.4. The van der Waals surface area contributed by atoms with Gasteiger partial charge in [0.2, 0.25) is 5.95 Å². The lowest BCUT2D eigenvalue weighted by atomic mass is 10.0. The van der Waals surface area contributed by atoms with Gasteiger partial charge in [-0.05, 0) is 39.0 Å². The van der Waals surface area contributed by atoms with Crippen molar-refractivity contribution in [2.45, 2.75) is 76.8 Å².